The highest BCUT2D eigenvalue weighted by atomic mass is 79.9. The van der Waals surface area contributed by atoms with Gasteiger partial charge in [0.2, 0.25) is 5.91 Å². The molecular formula is C13H19BrN2O. The molecule has 94 valence electrons. The number of rotatable bonds is 5. The molecule has 0 unspecified atom stereocenters. The highest BCUT2D eigenvalue weighted by molar-refractivity contribution is 9.10. The first kappa shape index (κ1) is 14.2. The Bertz CT molecular complexity index is 391. The Balaban J connectivity index is 2.40. The van der Waals surface area contributed by atoms with Crippen LogP contribution in [0, 0.1) is 6.92 Å². The zero-order valence-electron chi connectivity index (χ0n) is 10.6. The van der Waals surface area contributed by atoms with Gasteiger partial charge in [-0.3, -0.25) is 10.2 Å². The molecule has 0 saturated heterocycles. The summed E-state index contributed by atoms with van der Waals surface area (Å²) in [4.78, 5) is 11.4. The van der Waals surface area contributed by atoms with Crippen LogP contribution >= 0.6 is 15.9 Å². The Morgan fingerprint density at radius 1 is 1.41 bits per heavy atom. The maximum Gasteiger partial charge on any atom is 0.234 e. The molecule has 1 N–H and O–H groups in total. The highest BCUT2D eigenvalue weighted by Crippen LogP contribution is 2.17. The van der Waals surface area contributed by atoms with Crippen molar-refractivity contribution in [1.82, 2.24) is 10.4 Å². The molecule has 0 aromatic heterocycles. The van der Waals surface area contributed by atoms with Crippen molar-refractivity contribution in [2.75, 3.05) is 14.1 Å². The van der Waals surface area contributed by atoms with Crippen LogP contribution in [-0.4, -0.2) is 25.0 Å². The molecule has 0 aliphatic carbocycles. The summed E-state index contributed by atoms with van der Waals surface area (Å²) in [5.41, 5.74) is 5.32. The van der Waals surface area contributed by atoms with Crippen LogP contribution in [0.5, 0.6) is 0 Å². The van der Waals surface area contributed by atoms with Crippen LogP contribution in [0.4, 0.5) is 0 Å². The summed E-state index contributed by atoms with van der Waals surface area (Å²) in [5.74, 6) is 0.0719. The minimum Gasteiger partial charge on any atom is -0.289 e. The van der Waals surface area contributed by atoms with Crippen molar-refractivity contribution in [3.8, 4) is 0 Å². The number of carbonyl (C=O) groups is 1. The molecule has 0 radical (unpaired) electrons. The summed E-state index contributed by atoms with van der Waals surface area (Å²) in [6, 6.07) is 6.26. The molecule has 0 aliphatic heterocycles. The van der Waals surface area contributed by atoms with E-state index in [9.17, 15) is 4.79 Å². The Morgan fingerprint density at radius 3 is 2.76 bits per heavy atom. The highest BCUT2D eigenvalue weighted by Gasteiger charge is 2.04. The molecule has 3 nitrogen and oxygen atoms in total. The van der Waals surface area contributed by atoms with Crippen molar-refractivity contribution >= 4 is 21.8 Å². The molecule has 0 aliphatic rings. The molecule has 0 fully saturated rings. The first-order valence-corrected chi connectivity index (χ1v) is 6.50. The molecule has 1 aromatic rings. The predicted octanol–water partition coefficient (Wildman–Crippen LogP) is 2.67. The average molecular weight is 299 g/mol. The first-order chi connectivity index (χ1) is 7.99. The summed E-state index contributed by atoms with van der Waals surface area (Å²) in [7, 11) is 3.63. The van der Waals surface area contributed by atoms with Crippen LogP contribution in [0.15, 0.2) is 22.7 Å². The smallest absolute Gasteiger partial charge is 0.234 e. The zero-order valence-corrected chi connectivity index (χ0v) is 12.2. The van der Waals surface area contributed by atoms with E-state index in [0.717, 1.165) is 17.3 Å². The van der Waals surface area contributed by atoms with Crippen molar-refractivity contribution in [1.29, 1.82) is 0 Å². The van der Waals surface area contributed by atoms with Gasteiger partial charge in [0, 0.05) is 25.0 Å². The quantitative estimate of drug-likeness (QED) is 0.848. The Morgan fingerprint density at radius 2 is 2.12 bits per heavy atom. The molecule has 4 heteroatoms. The monoisotopic (exact) mass is 298 g/mol. The summed E-state index contributed by atoms with van der Waals surface area (Å²) in [6.07, 6.45) is 2.37. The lowest BCUT2D eigenvalue weighted by atomic mass is 10.0. The van der Waals surface area contributed by atoms with Gasteiger partial charge >= 0.3 is 0 Å². The van der Waals surface area contributed by atoms with E-state index >= 15 is 0 Å². The maximum absolute atomic E-state index is 11.4. The van der Waals surface area contributed by atoms with Crippen molar-refractivity contribution in [3.63, 3.8) is 0 Å². The van der Waals surface area contributed by atoms with E-state index in [2.05, 4.69) is 40.4 Å². The first-order valence-electron chi connectivity index (χ1n) is 5.71. The van der Waals surface area contributed by atoms with E-state index < -0.39 is 0 Å². The molecule has 0 spiro atoms. The Kier molecular flexibility index (Phi) is 5.65. The fourth-order valence-corrected chi connectivity index (χ4v) is 2.06. The third-order valence-electron chi connectivity index (χ3n) is 2.51. The normalized spacial score (nSPS) is 10.6. The van der Waals surface area contributed by atoms with Gasteiger partial charge in [-0.25, -0.2) is 5.01 Å². The number of hydrogen-bond donors (Lipinski definition) is 1. The lowest BCUT2D eigenvalue weighted by Gasteiger charge is -2.12. The van der Waals surface area contributed by atoms with Crippen molar-refractivity contribution in [2.24, 2.45) is 0 Å². The summed E-state index contributed by atoms with van der Waals surface area (Å²) in [6.45, 7) is 2.10. The van der Waals surface area contributed by atoms with E-state index in [0.29, 0.717) is 6.42 Å². The second kappa shape index (κ2) is 6.77. The van der Waals surface area contributed by atoms with Gasteiger partial charge in [-0.1, -0.05) is 22.0 Å². The summed E-state index contributed by atoms with van der Waals surface area (Å²) < 4.78 is 1.09. The number of nitrogens with one attached hydrogen (secondary N) is 1. The van der Waals surface area contributed by atoms with E-state index in [-0.39, 0.29) is 5.91 Å². The van der Waals surface area contributed by atoms with Crippen LogP contribution < -0.4 is 5.43 Å². The lowest BCUT2D eigenvalue weighted by Crippen LogP contribution is -2.35. The third-order valence-corrected chi connectivity index (χ3v) is 3.00. The Hall–Kier alpha value is -0.870. The van der Waals surface area contributed by atoms with Gasteiger partial charge < -0.3 is 0 Å². The minimum absolute atomic E-state index is 0.0719. The van der Waals surface area contributed by atoms with Crippen LogP contribution in [0.3, 0.4) is 0 Å². The predicted molar refractivity (Wildman–Crippen MR) is 73.6 cm³/mol. The average Bonchev–Trinajstić information content (AvgIpc) is 2.22. The molecule has 1 rings (SSSR count). The third kappa shape index (κ3) is 5.33. The largest absolute Gasteiger partial charge is 0.289 e. The number of carbonyl (C=O) groups excluding carboxylic acids is 1. The van der Waals surface area contributed by atoms with Gasteiger partial charge in [0.1, 0.15) is 0 Å². The van der Waals surface area contributed by atoms with Crippen LogP contribution in [-0.2, 0) is 11.2 Å². The van der Waals surface area contributed by atoms with Gasteiger partial charge in [-0.05, 0) is 43.0 Å². The zero-order chi connectivity index (χ0) is 12.8. The van der Waals surface area contributed by atoms with Gasteiger partial charge in [0.15, 0.2) is 0 Å². The van der Waals surface area contributed by atoms with E-state index in [1.54, 1.807) is 5.01 Å². The maximum atomic E-state index is 11.4. The van der Waals surface area contributed by atoms with Gasteiger partial charge in [-0.2, -0.15) is 0 Å². The SMILES string of the molecule is Cc1ccc(Br)cc1CCCC(=O)NN(C)C. The van der Waals surface area contributed by atoms with Crippen molar-refractivity contribution in [3.05, 3.63) is 33.8 Å². The molecule has 0 heterocycles. The summed E-state index contributed by atoms with van der Waals surface area (Å²) in [5, 5.41) is 1.67. The fraction of sp³-hybridized carbons (Fsp3) is 0.462. The lowest BCUT2D eigenvalue weighted by molar-refractivity contribution is -0.124. The topological polar surface area (TPSA) is 32.3 Å². The fourth-order valence-electron chi connectivity index (χ4n) is 1.65. The second-order valence-corrected chi connectivity index (χ2v) is 5.27. The number of aryl methyl sites for hydroxylation is 2. The number of hydrazine groups is 1. The number of halogens is 1. The van der Waals surface area contributed by atoms with Gasteiger partial charge in [0.05, 0.1) is 0 Å². The number of hydrogen-bond acceptors (Lipinski definition) is 2. The number of amides is 1. The van der Waals surface area contributed by atoms with E-state index in [4.69, 9.17) is 0 Å². The number of nitrogens with zero attached hydrogens (tertiary/aromatic N) is 1. The molecule has 1 aromatic carbocycles. The molecule has 0 saturated carbocycles. The van der Waals surface area contributed by atoms with Crippen LogP contribution in [0.1, 0.15) is 24.0 Å². The Labute approximate surface area is 111 Å². The standard InChI is InChI=1S/C13H19BrN2O/c1-10-7-8-12(14)9-11(10)5-4-6-13(17)15-16(2)3/h7-9H,4-6H2,1-3H3,(H,15,17). The van der Waals surface area contributed by atoms with Gasteiger partial charge in [-0.15, -0.1) is 0 Å². The molecular weight excluding hydrogens is 280 g/mol. The van der Waals surface area contributed by atoms with E-state index in [1.165, 1.54) is 11.1 Å². The minimum atomic E-state index is 0.0719. The molecule has 17 heavy (non-hydrogen) atoms. The van der Waals surface area contributed by atoms with Crippen LogP contribution in [0.2, 0.25) is 0 Å². The number of benzene rings is 1. The van der Waals surface area contributed by atoms with Crippen molar-refractivity contribution < 1.29 is 4.79 Å². The molecule has 0 atom stereocenters. The van der Waals surface area contributed by atoms with Gasteiger partial charge in [0.25, 0.3) is 0 Å². The van der Waals surface area contributed by atoms with Crippen LogP contribution in [0.25, 0.3) is 0 Å². The molecule has 0 bridgehead atoms. The second-order valence-electron chi connectivity index (χ2n) is 4.35. The molecule has 1 amide bonds. The van der Waals surface area contributed by atoms with E-state index in [1.807, 2.05) is 20.2 Å². The van der Waals surface area contributed by atoms with Crippen molar-refractivity contribution in [2.45, 2.75) is 26.2 Å². The summed E-state index contributed by atoms with van der Waals surface area (Å²) >= 11 is 3.46.